The molecular weight excluding hydrogens is 320 g/mol. The first-order chi connectivity index (χ1) is 12.9. The number of hydrogen-bond donors (Lipinski definition) is 2. The molecule has 5 rings (SSSR count). The van der Waals surface area contributed by atoms with Gasteiger partial charge in [-0.1, -0.05) is 66.7 Å². The van der Waals surface area contributed by atoms with E-state index in [2.05, 4.69) is 75.0 Å². The van der Waals surface area contributed by atoms with E-state index < -0.39 is 0 Å². The summed E-state index contributed by atoms with van der Waals surface area (Å²) in [6, 6.07) is 27.1. The first kappa shape index (κ1) is 14.8. The molecule has 2 N–H and O–H groups in total. The molecule has 1 aromatic heterocycles. The van der Waals surface area contributed by atoms with E-state index in [1.165, 1.54) is 16.0 Å². The van der Waals surface area contributed by atoms with Gasteiger partial charge >= 0.3 is 0 Å². The summed E-state index contributed by atoms with van der Waals surface area (Å²) in [5, 5.41) is 2.42. The van der Waals surface area contributed by atoms with E-state index in [0.717, 1.165) is 29.0 Å². The summed E-state index contributed by atoms with van der Waals surface area (Å²) in [6.45, 7) is 0.729. The number of fused-ring (bicyclic) bond motifs is 2. The van der Waals surface area contributed by atoms with E-state index in [1.54, 1.807) is 0 Å². The van der Waals surface area contributed by atoms with Gasteiger partial charge in [-0.3, -0.25) is 5.43 Å². The second-order valence-electron chi connectivity index (χ2n) is 6.38. The van der Waals surface area contributed by atoms with Crippen LogP contribution in [0.5, 0.6) is 0 Å². The first-order valence-corrected chi connectivity index (χ1v) is 8.70. The molecule has 0 bridgehead atoms. The van der Waals surface area contributed by atoms with Crippen molar-refractivity contribution in [1.29, 1.82) is 0 Å². The van der Waals surface area contributed by atoms with Crippen LogP contribution in [0, 0.1) is 0 Å². The van der Waals surface area contributed by atoms with Crippen molar-refractivity contribution in [2.45, 2.75) is 6.54 Å². The van der Waals surface area contributed by atoms with Crippen LogP contribution in [0.3, 0.4) is 0 Å². The molecule has 3 aromatic carbocycles. The molecule has 0 saturated heterocycles. The molecule has 0 fully saturated rings. The number of hydrogen-bond acceptors (Lipinski definition) is 3. The average Bonchev–Trinajstić information content (AvgIpc) is 3.12. The van der Waals surface area contributed by atoms with Gasteiger partial charge in [-0.15, -0.1) is 0 Å². The zero-order chi connectivity index (χ0) is 17.3. The summed E-state index contributed by atoms with van der Waals surface area (Å²) in [5.41, 5.74) is 12.3. The van der Waals surface area contributed by atoms with Crippen LogP contribution in [0.25, 0.3) is 22.4 Å². The number of nitrogens with one attached hydrogen (secondary N) is 2. The Morgan fingerprint density at radius 2 is 1.46 bits per heavy atom. The molecular formula is C22H18N4. The maximum Gasteiger partial charge on any atom is 0.0962 e. The largest absolute Gasteiger partial charge is 0.325 e. The molecule has 4 heteroatoms. The lowest BCUT2D eigenvalue weighted by molar-refractivity contribution is 0.721. The molecule has 4 aromatic rings. The Bertz CT molecular complexity index is 1210. The molecule has 1 aliphatic rings. The second-order valence-corrected chi connectivity index (χ2v) is 6.38. The van der Waals surface area contributed by atoms with Crippen LogP contribution in [-0.4, -0.2) is 9.55 Å². The van der Waals surface area contributed by atoms with Gasteiger partial charge in [0.25, 0.3) is 0 Å². The molecule has 0 atom stereocenters. The van der Waals surface area contributed by atoms with Gasteiger partial charge in [-0.25, -0.2) is 4.98 Å². The van der Waals surface area contributed by atoms with Crippen molar-refractivity contribution in [2.75, 3.05) is 0 Å². The predicted octanol–water partition coefficient (Wildman–Crippen LogP) is 2.11. The smallest absolute Gasteiger partial charge is 0.0962 e. The Labute approximate surface area is 151 Å². The zero-order valence-electron chi connectivity index (χ0n) is 14.2. The fourth-order valence-corrected chi connectivity index (χ4v) is 3.50. The summed E-state index contributed by atoms with van der Waals surface area (Å²) >= 11 is 0. The Kier molecular flexibility index (Phi) is 3.46. The molecule has 26 heavy (non-hydrogen) atoms. The van der Waals surface area contributed by atoms with Crippen molar-refractivity contribution in [1.82, 2.24) is 20.4 Å². The minimum atomic E-state index is 0.729. The van der Waals surface area contributed by atoms with Crippen molar-refractivity contribution in [3.8, 4) is 0 Å². The third kappa shape index (κ3) is 2.43. The summed E-state index contributed by atoms with van der Waals surface area (Å²) in [7, 11) is 0. The van der Waals surface area contributed by atoms with Crippen molar-refractivity contribution in [2.24, 2.45) is 0 Å². The molecule has 126 valence electrons. The van der Waals surface area contributed by atoms with Gasteiger partial charge in [0.1, 0.15) is 0 Å². The first-order valence-electron chi connectivity index (χ1n) is 8.70. The second kappa shape index (κ2) is 6.08. The zero-order valence-corrected chi connectivity index (χ0v) is 14.2. The number of para-hydroxylation sites is 2. The van der Waals surface area contributed by atoms with Crippen LogP contribution >= 0.6 is 0 Å². The van der Waals surface area contributed by atoms with Gasteiger partial charge in [0.15, 0.2) is 0 Å². The van der Waals surface area contributed by atoms with Crippen LogP contribution in [0.4, 0.5) is 0 Å². The van der Waals surface area contributed by atoms with E-state index in [9.17, 15) is 0 Å². The monoisotopic (exact) mass is 338 g/mol. The SMILES string of the molecule is c1ccc(C2=c3ccccc3=C(Cn3cnc4ccccc43)NN2)cc1. The fraction of sp³-hybridized carbons (Fsp3) is 0.0455. The highest BCUT2D eigenvalue weighted by Crippen LogP contribution is 2.14. The van der Waals surface area contributed by atoms with Crippen molar-refractivity contribution >= 4 is 22.4 Å². The predicted molar refractivity (Wildman–Crippen MR) is 104 cm³/mol. The maximum atomic E-state index is 4.50. The fourth-order valence-electron chi connectivity index (χ4n) is 3.50. The standard InChI is InChI=1S/C22H18N4/c1-2-8-16(9-3-1)22-18-11-5-4-10-17(18)20(24-25-22)14-26-15-23-19-12-6-7-13-21(19)26/h1-13,15,24-25H,14H2. The molecule has 0 amide bonds. The lowest BCUT2D eigenvalue weighted by Gasteiger charge is -2.22. The van der Waals surface area contributed by atoms with E-state index >= 15 is 0 Å². The topological polar surface area (TPSA) is 41.9 Å². The molecule has 0 spiro atoms. The number of benzene rings is 3. The van der Waals surface area contributed by atoms with Crippen LogP contribution in [0.15, 0.2) is 85.2 Å². The van der Waals surface area contributed by atoms with Gasteiger partial charge in [0, 0.05) is 16.0 Å². The van der Waals surface area contributed by atoms with E-state index in [0.29, 0.717) is 0 Å². The molecule has 2 heterocycles. The van der Waals surface area contributed by atoms with Crippen LogP contribution in [-0.2, 0) is 6.54 Å². The molecule has 0 radical (unpaired) electrons. The molecule has 1 aliphatic heterocycles. The lowest BCUT2D eigenvalue weighted by Crippen LogP contribution is -2.48. The highest BCUT2D eigenvalue weighted by atomic mass is 15.4. The third-order valence-corrected chi connectivity index (χ3v) is 4.78. The lowest BCUT2D eigenvalue weighted by atomic mass is 10.1. The number of aromatic nitrogens is 2. The highest BCUT2D eigenvalue weighted by Gasteiger charge is 2.12. The minimum Gasteiger partial charge on any atom is -0.325 e. The molecule has 4 nitrogen and oxygen atoms in total. The van der Waals surface area contributed by atoms with Crippen LogP contribution < -0.4 is 21.3 Å². The summed E-state index contributed by atoms with van der Waals surface area (Å²) in [4.78, 5) is 4.50. The van der Waals surface area contributed by atoms with E-state index in [4.69, 9.17) is 0 Å². The number of imidazole rings is 1. The quantitative estimate of drug-likeness (QED) is 0.601. The normalized spacial score (nSPS) is 13.2. The number of rotatable bonds is 3. The Balaban J connectivity index is 1.69. The van der Waals surface area contributed by atoms with Crippen molar-refractivity contribution < 1.29 is 0 Å². The summed E-state index contributed by atoms with van der Waals surface area (Å²) < 4.78 is 2.17. The minimum absolute atomic E-state index is 0.729. The Morgan fingerprint density at radius 3 is 2.35 bits per heavy atom. The van der Waals surface area contributed by atoms with Gasteiger partial charge < -0.3 is 9.99 Å². The van der Waals surface area contributed by atoms with Gasteiger partial charge in [0.2, 0.25) is 0 Å². The molecule has 0 aliphatic carbocycles. The van der Waals surface area contributed by atoms with Gasteiger partial charge in [0.05, 0.1) is 35.3 Å². The van der Waals surface area contributed by atoms with Crippen LogP contribution in [0.1, 0.15) is 5.56 Å². The Morgan fingerprint density at radius 1 is 0.731 bits per heavy atom. The summed E-state index contributed by atoms with van der Waals surface area (Å²) in [5.74, 6) is 0. The third-order valence-electron chi connectivity index (χ3n) is 4.78. The van der Waals surface area contributed by atoms with Crippen LogP contribution in [0.2, 0.25) is 0 Å². The van der Waals surface area contributed by atoms with Gasteiger partial charge in [-0.05, 0) is 12.1 Å². The molecule has 0 saturated carbocycles. The number of hydrazine groups is 1. The average molecular weight is 338 g/mol. The van der Waals surface area contributed by atoms with Crippen molar-refractivity contribution in [3.05, 3.63) is 101 Å². The highest BCUT2D eigenvalue weighted by molar-refractivity contribution is 5.75. The van der Waals surface area contributed by atoms with E-state index in [-0.39, 0.29) is 0 Å². The maximum absolute atomic E-state index is 4.50. The van der Waals surface area contributed by atoms with E-state index in [1.807, 2.05) is 30.6 Å². The number of nitrogens with zero attached hydrogens (tertiary/aromatic N) is 2. The Hall–Kier alpha value is -3.53. The summed E-state index contributed by atoms with van der Waals surface area (Å²) in [6.07, 6.45) is 1.90. The van der Waals surface area contributed by atoms with Crippen molar-refractivity contribution in [3.63, 3.8) is 0 Å². The van der Waals surface area contributed by atoms with Gasteiger partial charge in [-0.2, -0.15) is 0 Å². The molecule has 0 unspecified atom stereocenters.